The number of fused-ring (bicyclic) bond motifs is 3. The third kappa shape index (κ3) is 13.3. The van der Waals surface area contributed by atoms with Crippen molar-refractivity contribution in [2.75, 3.05) is 75.0 Å². The topological polar surface area (TPSA) is 128 Å². The number of alkyl halides is 3. The van der Waals surface area contributed by atoms with Gasteiger partial charge in [0, 0.05) is 84.8 Å². The van der Waals surface area contributed by atoms with Crippen LogP contribution in [0.3, 0.4) is 0 Å². The maximum Gasteiger partial charge on any atom is 0.501 e. The largest absolute Gasteiger partial charge is 0.501 e. The lowest BCUT2D eigenvalue weighted by Crippen LogP contribution is -2.55. The Labute approximate surface area is 425 Å². The maximum atomic E-state index is 14.3. The van der Waals surface area contributed by atoms with E-state index in [4.69, 9.17) is 16.3 Å². The third-order valence-corrected chi connectivity index (χ3v) is 17.6. The molecular weight excluding hydrogens is 1010 g/mol. The second-order valence-corrected chi connectivity index (χ2v) is 23.8. The van der Waals surface area contributed by atoms with Crippen LogP contribution < -0.4 is 14.9 Å². The summed E-state index contributed by atoms with van der Waals surface area (Å²) in [6.07, 6.45) is 5.11. The summed E-state index contributed by atoms with van der Waals surface area (Å²) in [7, 11) is -10.9. The zero-order valence-corrected chi connectivity index (χ0v) is 43.3. The summed E-state index contributed by atoms with van der Waals surface area (Å²) >= 11 is 7.68. The minimum atomic E-state index is -6.06. The Hall–Kier alpha value is -3.52. The molecule has 3 aliphatic heterocycles. The first-order valence-electron chi connectivity index (χ1n) is 22.7. The van der Waals surface area contributed by atoms with Crippen LogP contribution >= 0.6 is 48.2 Å². The van der Waals surface area contributed by atoms with Gasteiger partial charge in [-0.1, -0.05) is 61.4 Å². The van der Waals surface area contributed by atoms with Crippen LogP contribution in [0, 0.1) is 5.41 Å². The Kier molecular flexibility index (Phi) is 18.2. The fraction of sp³-hybridized carbons (Fsp3) is 0.449. The highest BCUT2D eigenvalue weighted by molar-refractivity contribution is 7.99. The first kappa shape index (κ1) is 54.8. The molecule has 20 heteroatoms. The molecule has 69 heavy (non-hydrogen) atoms. The minimum Gasteiger partial charge on any atom is -0.380 e. The number of nitrogens with zero attached hydrogens (tertiary/aromatic N) is 3. The Balaban J connectivity index is 0.00000391. The van der Waals surface area contributed by atoms with E-state index in [9.17, 15) is 34.8 Å². The van der Waals surface area contributed by atoms with Crippen molar-refractivity contribution in [1.29, 1.82) is 0 Å². The summed E-state index contributed by atoms with van der Waals surface area (Å²) in [6, 6.07) is 24.8. The van der Waals surface area contributed by atoms with E-state index >= 15 is 0 Å². The van der Waals surface area contributed by atoms with Crippen LogP contribution in [0.1, 0.15) is 67.4 Å². The predicted molar refractivity (Wildman–Crippen MR) is 274 cm³/mol. The molecule has 1 amide bonds. The molecule has 3 heterocycles. The molecule has 2 N–H and O–H groups in total. The lowest BCUT2D eigenvalue weighted by Gasteiger charge is -2.47. The molecule has 0 radical (unpaired) electrons. The number of thioether (sulfide) groups is 1. The Morgan fingerprint density at radius 1 is 0.899 bits per heavy atom. The molecule has 4 aliphatic rings. The number of carbonyl (C=O) groups is 1. The number of benzene rings is 4. The van der Waals surface area contributed by atoms with E-state index in [1.807, 2.05) is 53.3 Å². The number of carbonyl (C=O) groups excluding carboxylic acids is 1. The van der Waals surface area contributed by atoms with Gasteiger partial charge < -0.3 is 15.0 Å². The monoisotopic (exact) mass is 1070 g/mol. The van der Waals surface area contributed by atoms with E-state index in [-0.39, 0.29) is 41.8 Å². The second-order valence-electron chi connectivity index (χ2n) is 18.6. The van der Waals surface area contributed by atoms with Gasteiger partial charge in [0.2, 0.25) is 0 Å². The smallest absolute Gasteiger partial charge is 0.380 e. The number of sulfonamides is 1. The van der Waals surface area contributed by atoms with Crippen LogP contribution in [0.4, 0.5) is 24.5 Å². The summed E-state index contributed by atoms with van der Waals surface area (Å²) < 4.78 is 104. The predicted octanol–water partition coefficient (Wildman–Crippen LogP) is 9.99. The lowest BCUT2D eigenvalue weighted by molar-refractivity contribution is -0.0435. The van der Waals surface area contributed by atoms with Gasteiger partial charge in [0.1, 0.15) is 4.90 Å². The highest BCUT2D eigenvalue weighted by atomic mass is 35.5. The molecule has 8 rings (SSSR count). The number of morpholine rings is 1. The van der Waals surface area contributed by atoms with Crippen molar-refractivity contribution >= 4 is 90.9 Å². The number of halogens is 6. The number of hydrogen-bond acceptors (Lipinski definition) is 11. The summed E-state index contributed by atoms with van der Waals surface area (Å²) in [5.41, 5.74) is 0.116. The van der Waals surface area contributed by atoms with Crippen LogP contribution in [0.2, 0.25) is 5.02 Å². The number of sulfone groups is 1. The molecule has 1 aliphatic carbocycles. The van der Waals surface area contributed by atoms with E-state index in [2.05, 4.69) is 46.0 Å². The molecule has 0 saturated carbocycles. The van der Waals surface area contributed by atoms with Gasteiger partial charge in [-0.3, -0.25) is 14.6 Å². The quantitative estimate of drug-likeness (QED) is 0.111. The third-order valence-electron chi connectivity index (χ3n) is 13.3. The van der Waals surface area contributed by atoms with Crippen LogP contribution in [0.15, 0.2) is 111 Å². The fourth-order valence-corrected chi connectivity index (χ4v) is 12.8. The normalized spacial score (nSPS) is 19.3. The van der Waals surface area contributed by atoms with Gasteiger partial charge in [0.15, 0.2) is 0 Å². The van der Waals surface area contributed by atoms with Gasteiger partial charge in [-0.05, 0) is 121 Å². The van der Waals surface area contributed by atoms with E-state index in [1.54, 1.807) is 12.1 Å². The van der Waals surface area contributed by atoms with Crippen molar-refractivity contribution in [2.45, 2.75) is 84.7 Å². The van der Waals surface area contributed by atoms with Crippen LogP contribution in [-0.2, 0) is 31.0 Å². The minimum absolute atomic E-state index is 0. The number of rotatable bonds is 15. The summed E-state index contributed by atoms with van der Waals surface area (Å²) in [5.74, 6) is -0.615. The van der Waals surface area contributed by atoms with Crippen molar-refractivity contribution < 1.29 is 39.5 Å². The Morgan fingerprint density at radius 2 is 1.62 bits per heavy atom. The highest BCUT2D eigenvalue weighted by Crippen LogP contribution is 2.44. The number of amides is 1. The van der Waals surface area contributed by atoms with Gasteiger partial charge in [0.05, 0.1) is 23.8 Å². The van der Waals surface area contributed by atoms with Crippen LogP contribution in [-0.4, -0.2) is 115 Å². The van der Waals surface area contributed by atoms with Gasteiger partial charge in [-0.2, -0.15) is 13.2 Å². The number of piperazine rings is 1. The average Bonchev–Trinajstić information content (AvgIpc) is 3.30. The van der Waals surface area contributed by atoms with Crippen LogP contribution in [0.5, 0.6) is 0 Å². The fourth-order valence-electron chi connectivity index (χ4n) is 9.66. The first-order valence-corrected chi connectivity index (χ1v) is 27.0. The molecule has 2 saturated heterocycles. The molecule has 0 unspecified atom stereocenters. The van der Waals surface area contributed by atoms with Gasteiger partial charge in [-0.15, -0.1) is 36.6 Å². The van der Waals surface area contributed by atoms with Crippen molar-refractivity contribution in [2.24, 2.45) is 5.41 Å². The van der Waals surface area contributed by atoms with E-state index in [0.29, 0.717) is 57.5 Å². The second kappa shape index (κ2) is 22.9. The number of aryl methyl sites for hydroxylation is 1. The molecule has 0 bridgehead atoms. The summed E-state index contributed by atoms with van der Waals surface area (Å²) in [5, 5.41) is 3.73. The molecule has 4 aromatic rings. The maximum absolute atomic E-state index is 14.3. The molecule has 4 aromatic carbocycles. The number of hydrogen-bond donors (Lipinski definition) is 2. The molecule has 11 nitrogen and oxygen atoms in total. The highest BCUT2D eigenvalue weighted by Gasteiger charge is 2.48. The molecule has 376 valence electrons. The van der Waals surface area contributed by atoms with Crippen molar-refractivity contribution in [3.05, 3.63) is 118 Å². The molecule has 2 atom stereocenters. The van der Waals surface area contributed by atoms with E-state index < -0.39 is 52.8 Å². The number of anilines is 2. The SMILES string of the molecule is CC1(C)CCC(c2ccc(Cl)cc2)=C(CN2CCN3c4ccc(C(=O)NS(=O)(=O)c5ccc(N[C@H](CCN6CCOCC6)CSc6ccccc6)c(S(=O)(=O)C(F)(F)F)c5)cc4CC[C@@H]3C2)C1.Cl.Cl. The zero-order valence-electron chi connectivity index (χ0n) is 38.5. The number of ether oxygens (including phenoxy) is 1. The van der Waals surface area contributed by atoms with Gasteiger partial charge in [-0.25, -0.2) is 21.6 Å². The summed E-state index contributed by atoms with van der Waals surface area (Å²) in [6.45, 7) is 11.1. The van der Waals surface area contributed by atoms with Crippen LogP contribution in [0.25, 0.3) is 5.57 Å². The molecular formula is C49H59Cl3F3N5O6S3. The number of nitrogens with one attached hydrogen (secondary N) is 2. The summed E-state index contributed by atoms with van der Waals surface area (Å²) in [4.78, 5) is 19.5. The van der Waals surface area contributed by atoms with Crippen molar-refractivity contribution in [1.82, 2.24) is 14.5 Å². The lowest BCUT2D eigenvalue weighted by atomic mass is 9.72. The van der Waals surface area contributed by atoms with Crippen molar-refractivity contribution in [3.8, 4) is 0 Å². The number of allylic oxidation sites excluding steroid dienone is 1. The molecule has 0 spiro atoms. The standard InChI is InChI=1S/C49H57ClF3N5O6S3.2ClH/c1-48(2)20-18-43(34-8-12-38(50)13-9-34)37(30-48)31-57-22-23-58-40(32-57)14-10-35-28-36(11-17-45(35)58)47(59)55-67(62,63)42-15-16-44(46(29-42)66(60,61)49(51,52)53)54-39(19-21-56-24-26-64-27-25-56)33-65-41-6-4-3-5-7-41;;/h3-9,11-13,15-17,28-29,39-40,54H,10,14,18-27,30-33H2,1-2H3,(H,55,59);2*1H/t39-,40-;;/m1../s1. The average molecular weight is 1070 g/mol. The first-order chi connectivity index (χ1) is 31.8. The molecule has 2 fully saturated rings. The Bertz CT molecular complexity index is 2690. The van der Waals surface area contributed by atoms with E-state index in [1.165, 1.54) is 28.5 Å². The van der Waals surface area contributed by atoms with Crippen molar-refractivity contribution in [3.63, 3.8) is 0 Å². The van der Waals surface area contributed by atoms with Gasteiger partial charge in [0.25, 0.3) is 25.8 Å². The molecule has 0 aromatic heterocycles. The van der Waals surface area contributed by atoms with E-state index in [0.717, 1.165) is 85.2 Å². The van der Waals surface area contributed by atoms with Gasteiger partial charge >= 0.3 is 5.51 Å². The zero-order chi connectivity index (χ0) is 47.6. The Morgan fingerprint density at radius 3 is 2.33 bits per heavy atom.